The molecule has 1 saturated heterocycles. The molecule has 0 amide bonds. The van der Waals surface area contributed by atoms with Gasteiger partial charge >= 0.3 is 6.18 Å². The molecule has 1 aliphatic rings. The smallest absolute Gasteiger partial charge is 0.416 e. The lowest BCUT2D eigenvalue weighted by Crippen LogP contribution is -2.37. The number of phenols is 1. The van der Waals surface area contributed by atoms with E-state index in [1.165, 1.54) is 12.1 Å². The number of phenolic OH excluding ortho intramolecular Hbond substituents is 1. The lowest BCUT2D eigenvalue weighted by molar-refractivity contribution is -0.137. The molecular weight excluding hydrogens is 564 g/mol. The summed E-state index contributed by atoms with van der Waals surface area (Å²) in [5.74, 6) is -0.348. The van der Waals surface area contributed by atoms with Crippen LogP contribution in [0.5, 0.6) is 5.75 Å². The Hall–Kier alpha value is -4.58. The predicted octanol–water partition coefficient (Wildman–Crippen LogP) is 7.99. The van der Waals surface area contributed by atoms with E-state index in [1.54, 1.807) is 29.2 Å². The van der Waals surface area contributed by atoms with Crippen LogP contribution in [-0.4, -0.2) is 41.4 Å². The Labute approximate surface area is 246 Å². The molecule has 8 nitrogen and oxygen atoms in total. The first-order valence-corrected chi connectivity index (χ1v) is 13.7. The quantitative estimate of drug-likeness (QED) is 0.159. The van der Waals surface area contributed by atoms with E-state index in [0.717, 1.165) is 29.5 Å². The Morgan fingerprint density at radius 1 is 1.02 bits per heavy atom. The van der Waals surface area contributed by atoms with E-state index in [1.807, 2.05) is 26.0 Å². The summed E-state index contributed by atoms with van der Waals surface area (Å²) in [5.41, 5.74) is 2.56. The third-order valence-corrected chi connectivity index (χ3v) is 6.89. The van der Waals surface area contributed by atoms with Crippen molar-refractivity contribution >= 4 is 23.1 Å². The number of aromatic nitrogens is 2. The van der Waals surface area contributed by atoms with E-state index in [-0.39, 0.29) is 35.7 Å². The summed E-state index contributed by atoms with van der Waals surface area (Å²) >= 11 is 0. The van der Waals surface area contributed by atoms with Gasteiger partial charge in [-0.2, -0.15) is 23.3 Å². The van der Waals surface area contributed by atoms with Crippen LogP contribution in [0, 0.1) is 5.82 Å². The average Bonchev–Trinajstić information content (AvgIpc) is 2.98. The summed E-state index contributed by atoms with van der Waals surface area (Å²) in [4.78, 5) is 9.91. The Morgan fingerprint density at radius 2 is 1.81 bits per heavy atom. The molecule has 0 bridgehead atoms. The molecule has 224 valence electrons. The topological polar surface area (TPSA) is 95.2 Å². The fourth-order valence-corrected chi connectivity index (χ4v) is 4.75. The van der Waals surface area contributed by atoms with Crippen LogP contribution < -0.4 is 10.2 Å². The third-order valence-electron chi connectivity index (χ3n) is 6.89. The van der Waals surface area contributed by atoms with Crippen molar-refractivity contribution in [1.82, 2.24) is 9.97 Å². The fraction of sp³-hybridized carbons (Fsp3) is 0.290. The molecule has 0 aliphatic carbocycles. The molecule has 1 fully saturated rings. The molecule has 1 aromatic heterocycles. The van der Waals surface area contributed by atoms with Crippen LogP contribution in [0.3, 0.4) is 0 Å². The van der Waals surface area contributed by atoms with Crippen LogP contribution in [-0.2, 0) is 17.5 Å². The van der Waals surface area contributed by atoms with Gasteiger partial charge in [-0.15, -0.1) is 5.11 Å². The van der Waals surface area contributed by atoms with Crippen molar-refractivity contribution in [3.8, 4) is 16.9 Å². The second-order valence-corrected chi connectivity index (χ2v) is 10.4. The normalized spacial score (nSPS) is 14.1. The molecule has 0 radical (unpaired) electrons. The predicted molar refractivity (Wildman–Crippen MR) is 156 cm³/mol. The standard InChI is InChI=1S/C31H30F4N6O2/c1-19(2)26-12-20(17-37-40-30-36-18-27(32)29(39-30)41-8-10-43-11-9-41)6-7-28(26)38-24-14-22(13-23(16-24)31(33,34)35)21-4-3-5-25(42)15-21/h3-7,12-16,18-19,38,42H,8-11,17H2,1-2H3. The highest BCUT2D eigenvalue weighted by Gasteiger charge is 2.31. The molecule has 3 aromatic carbocycles. The number of benzene rings is 3. The fourth-order valence-electron chi connectivity index (χ4n) is 4.75. The number of nitrogens with zero attached hydrogens (tertiary/aromatic N) is 5. The van der Waals surface area contributed by atoms with Crippen molar-refractivity contribution in [3.05, 3.63) is 89.4 Å². The second-order valence-electron chi connectivity index (χ2n) is 10.4. The maximum absolute atomic E-state index is 14.3. The molecule has 0 saturated carbocycles. The lowest BCUT2D eigenvalue weighted by Gasteiger charge is -2.27. The van der Waals surface area contributed by atoms with Gasteiger partial charge in [0.2, 0.25) is 0 Å². The van der Waals surface area contributed by atoms with E-state index in [4.69, 9.17) is 4.74 Å². The van der Waals surface area contributed by atoms with Crippen LogP contribution in [0.2, 0.25) is 0 Å². The van der Waals surface area contributed by atoms with Crippen molar-refractivity contribution in [3.63, 3.8) is 0 Å². The molecule has 2 heterocycles. The second kappa shape index (κ2) is 12.7. The Balaban J connectivity index is 1.37. The van der Waals surface area contributed by atoms with Crippen molar-refractivity contribution in [2.75, 3.05) is 36.5 Å². The van der Waals surface area contributed by atoms with Crippen molar-refractivity contribution in [1.29, 1.82) is 0 Å². The van der Waals surface area contributed by atoms with Crippen molar-refractivity contribution < 1.29 is 27.4 Å². The van der Waals surface area contributed by atoms with E-state index in [0.29, 0.717) is 43.1 Å². The summed E-state index contributed by atoms with van der Waals surface area (Å²) in [5, 5.41) is 21.3. The van der Waals surface area contributed by atoms with Gasteiger partial charge in [0.1, 0.15) is 5.75 Å². The van der Waals surface area contributed by atoms with Gasteiger partial charge < -0.3 is 20.1 Å². The summed E-state index contributed by atoms with van der Waals surface area (Å²) in [7, 11) is 0. The molecular formula is C31H30F4N6O2. The minimum Gasteiger partial charge on any atom is -0.508 e. The highest BCUT2D eigenvalue weighted by Crippen LogP contribution is 2.37. The zero-order valence-corrected chi connectivity index (χ0v) is 23.6. The van der Waals surface area contributed by atoms with Crippen LogP contribution in [0.15, 0.2) is 77.1 Å². The van der Waals surface area contributed by atoms with E-state index in [2.05, 4.69) is 25.5 Å². The molecule has 43 heavy (non-hydrogen) atoms. The summed E-state index contributed by atoms with van der Waals surface area (Å²) in [6.45, 7) is 6.15. The minimum atomic E-state index is -4.56. The van der Waals surface area contributed by atoms with Crippen molar-refractivity contribution in [2.45, 2.75) is 32.5 Å². The van der Waals surface area contributed by atoms with E-state index >= 15 is 0 Å². The number of ether oxygens (including phenoxy) is 1. The largest absolute Gasteiger partial charge is 0.508 e. The maximum atomic E-state index is 14.3. The summed E-state index contributed by atoms with van der Waals surface area (Å²) < 4.78 is 61.0. The molecule has 12 heteroatoms. The number of morpholine rings is 1. The van der Waals surface area contributed by atoms with Gasteiger partial charge in [0.05, 0.1) is 31.5 Å². The van der Waals surface area contributed by atoms with Crippen LogP contribution in [0.25, 0.3) is 11.1 Å². The van der Waals surface area contributed by atoms with Gasteiger partial charge in [0.25, 0.3) is 5.95 Å². The first kappa shape index (κ1) is 29.9. The first-order valence-electron chi connectivity index (χ1n) is 13.7. The Kier molecular flexibility index (Phi) is 8.86. The Morgan fingerprint density at radius 3 is 2.53 bits per heavy atom. The van der Waals surface area contributed by atoms with E-state index in [9.17, 15) is 22.7 Å². The number of hydrogen-bond acceptors (Lipinski definition) is 8. The van der Waals surface area contributed by atoms with Crippen molar-refractivity contribution in [2.24, 2.45) is 10.2 Å². The zero-order valence-electron chi connectivity index (χ0n) is 23.6. The number of aromatic hydroxyl groups is 1. The number of hydrogen-bond donors (Lipinski definition) is 2. The first-order chi connectivity index (χ1) is 20.6. The molecule has 4 aromatic rings. The van der Waals surface area contributed by atoms with Crippen LogP contribution >= 0.6 is 0 Å². The molecule has 0 atom stereocenters. The van der Waals surface area contributed by atoms with Gasteiger partial charge in [-0.1, -0.05) is 38.1 Å². The number of halogens is 4. The van der Waals surface area contributed by atoms with E-state index < -0.39 is 17.6 Å². The zero-order chi connectivity index (χ0) is 30.6. The van der Waals surface area contributed by atoms with Crippen LogP contribution in [0.4, 0.5) is 40.7 Å². The van der Waals surface area contributed by atoms with Gasteiger partial charge in [-0.3, -0.25) is 0 Å². The molecule has 0 unspecified atom stereocenters. The molecule has 0 spiro atoms. The van der Waals surface area contributed by atoms with Crippen LogP contribution in [0.1, 0.15) is 36.5 Å². The van der Waals surface area contributed by atoms with Gasteiger partial charge in [-0.25, -0.2) is 9.37 Å². The SMILES string of the molecule is CC(C)c1cc(CN=Nc2ncc(F)c(N3CCOCC3)n2)ccc1Nc1cc(-c2cccc(O)c2)cc(C(F)(F)F)c1. The molecule has 5 rings (SSSR count). The minimum absolute atomic E-state index is 0.0345. The molecule has 1 aliphatic heterocycles. The van der Waals surface area contributed by atoms with Gasteiger partial charge in [0.15, 0.2) is 11.6 Å². The summed E-state index contributed by atoms with van der Waals surface area (Å²) in [6.07, 6.45) is -3.49. The average molecular weight is 595 g/mol. The number of alkyl halides is 3. The maximum Gasteiger partial charge on any atom is 0.416 e. The highest BCUT2D eigenvalue weighted by molar-refractivity contribution is 5.74. The highest BCUT2D eigenvalue weighted by atomic mass is 19.4. The van der Waals surface area contributed by atoms with Gasteiger partial charge in [0, 0.05) is 24.5 Å². The number of rotatable bonds is 8. The third kappa shape index (κ3) is 7.44. The number of nitrogens with one attached hydrogen (secondary N) is 1. The van der Waals surface area contributed by atoms with Gasteiger partial charge in [-0.05, 0) is 64.6 Å². The monoisotopic (exact) mass is 594 g/mol. The molecule has 2 N–H and O–H groups in total. The number of azo groups is 1. The summed E-state index contributed by atoms with van der Waals surface area (Å²) in [6, 6.07) is 15.4. The number of anilines is 3. The Bertz CT molecular complexity index is 1620. The lowest BCUT2D eigenvalue weighted by atomic mass is 9.97.